The second-order valence-corrected chi connectivity index (χ2v) is 4.78. The fraction of sp³-hybridized carbons (Fsp3) is 0.455. The van der Waals surface area contributed by atoms with Crippen LogP contribution in [0.4, 0.5) is 11.4 Å². The highest BCUT2D eigenvalue weighted by atomic mass is 79.9. The number of anilines is 2. The molecule has 2 rings (SSSR count). The van der Waals surface area contributed by atoms with Crippen LogP contribution >= 0.6 is 15.9 Å². The number of benzene rings is 1. The molecule has 1 aliphatic rings. The van der Waals surface area contributed by atoms with Crippen molar-refractivity contribution in [3.8, 4) is 5.75 Å². The largest absolute Gasteiger partial charge is 0.492 e. The van der Waals surface area contributed by atoms with Gasteiger partial charge in [-0.2, -0.15) is 0 Å². The summed E-state index contributed by atoms with van der Waals surface area (Å²) in [6.07, 6.45) is 2.55. The van der Waals surface area contributed by atoms with E-state index in [9.17, 15) is 0 Å². The third-order valence-electron chi connectivity index (χ3n) is 2.49. The normalized spacial score (nSPS) is 14.9. The van der Waals surface area contributed by atoms with E-state index in [4.69, 9.17) is 15.3 Å². The predicted octanol–water partition coefficient (Wildman–Crippen LogP) is 2.79. The number of hydrogen-bond acceptors (Lipinski definition) is 4. The van der Waals surface area contributed by atoms with Gasteiger partial charge in [0, 0.05) is 6.07 Å². The highest BCUT2D eigenvalue weighted by molar-refractivity contribution is 9.10. The Morgan fingerprint density at radius 1 is 1.50 bits per heavy atom. The van der Waals surface area contributed by atoms with Crippen molar-refractivity contribution >= 4 is 27.3 Å². The van der Waals surface area contributed by atoms with Gasteiger partial charge in [-0.3, -0.25) is 10.3 Å². The Kier molecular flexibility index (Phi) is 3.56. The summed E-state index contributed by atoms with van der Waals surface area (Å²) in [4.78, 5) is 4.82. The Labute approximate surface area is 103 Å². The van der Waals surface area contributed by atoms with Crippen LogP contribution in [0, 0.1) is 5.92 Å². The number of nitrogens with one attached hydrogen (secondary N) is 1. The summed E-state index contributed by atoms with van der Waals surface area (Å²) in [5.41, 5.74) is 9.90. The molecule has 0 amide bonds. The lowest BCUT2D eigenvalue weighted by Gasteiger charge is -2.12. The van der Waals surface area contributed by atoms with Crippen molar-refractivity contribution in [1.29, 1.82) is 0 Å². The minimum absolute atomic E-state index is 0.607. The first kappa shape index (κ1) is 11.5. The molecule has 1 aromatic carbocycles. The quantitative estimate of drug-likeness (QED) is 0.646. The number of rotatable bonds is 5. The van der Waals surface area contributed by atoms with Crippen LogP contribution in [0.25, 0.3) is 0 Å². The molecule has 3 N–H and O–H groups in total. The molecule has 0 aliphatic heterocycles. The van der Waals surface area contributed by atoms with E-state index < -0.39 is 0 Å². The number of nitrogen functional groups attached to an aromatic ring is 1. The van der Waals surface area contributed by atoms with Crippen molar-refractivity contribution < 1.29 is 9.57 Å². The molecular formula is C11H15BrN2O2. The van der Waals surface area contributed by atoms with E-state index in [1.54, 1.807) is 13.2 Å². The zero-order valence-corrected chi connectivity index (χ0v) is 10.7. The molecule has 1 fully saturated rings. The second-order valence-electron chi connectivity index (χ2n) is 3.93. The van der Waals surface area contributed by atoms with Gasteiger partial charge in [-0.1, -0.05) is 0 Å². The highest BCUT2D eigenvalue weighted by Gasteiger charge is 2.22. The van der Waals surface area contributed by atoms with Crippen LogP contribution < -0.4 is 16.0 Å². The lowest BCUT2D eigenvalue weighted by Crippen LogP contribution is -2.03. The molecule has 0 spiro atoms. The van der Waals surface area contributed by atoms with Crippen molar-refractivity contribution in [3.63, 3.8) is 0 Å². The van der Waals surface area contributed by atoms with E-state index in [-0.39, 0.29) is 0 Å². The third kappa shape index (κ3) is 2.80. The molecule has 0 bridgehead atoms. The number of hydrogen-bond donors (Lipinski definition) is 2. The summed E-state index contributed by atoms with van der Waals surface area (Å²) in [5, 5.41) is 0. The van der Waals surface area contributed by atoms with Gasteiger partial charge >= 0.3 is 0 Å². The Bertz CT molecular complexity index is 380. The van der Waals surface area contributed by atoms with Crippen LogP contribution in [0.5, 0.6) is 5.75 Å². The summed E-state index contributed by atoms with van der Waals surface area (Å²) in [6, 6.07) is 3.65. The third-order valence-corrected chi connectivity index (χ3v) is 3.11. The Morgan fingerprint density at radius 2 is 2.25 bits per heavy atom. The van der Waals surface area contributed by atoms with E-state index in [0.29, 0.717) is 5.69 Å². The van der Waals surface area contributed by atoms with Gasteiger partial charge in [-0.25, -0.2) is 0 Å². The van der Waals surface area contributed by atoms with Crippen LogP contribution in [-0.2, 0) is 4.84 Å². The molecule has 0 atom stereocenters. The zero-order chi connectivity index (χ0) is 11.5. The van der Waals surface area contributed by atoms with Crippen LogP contribution in [0.15, 0.2) is 16.6 Å². The van der Waals surface area contributed by atoms with Gasteiger partial charge in [0.2, 0.25) is 0 Å². The fourth-order valence-corrected chi connectivity index (χ4v) is 1.83. The van der Waals surface area contributed by atoms with Gasteiger partial charge in [0.1, 0.15) is 5.75 Å². The summed E-state index contributed by atoms with van der Waals surface area (Å²) >= 11 is 3.45. The fourth-order valence-electron chi connectivity index (χ4n) is 1.37. The van der Waals surface area contributed by atoms with Gasteiger partial charge in [0.15, 0.2) is 0 Å². The minimum atomic E-state index is 0.607. The lowest BCUT2D eigenvalue weighted by molar-refractivity contribution is 0.271. The van der Waals surface area contributed by atoms with Gasteiger partial charge < -0.3 is 10.5 Å². The lowest BCUT2D eigenvalue weighted by atomic mass is 10.2. The molecule has 0 heterocycles. The first-order valence-electron chi connectivity index (χ1n) is 5.21. The van der Waals surface area contributed by atoms with Gasteiger partial charge in [-0.05, 0) is 40.8 Å². The van der Waals surface area contributed by atoms with Gasteiger partial charge in [-0.15, -0.1) is 0 Å². The van der Waals surface area contributed by atoms with E-state index in [1.165, 1.54) is 12.8 Å². The van der Waals surface area contributed by atoms with E-state index in [1.807, 2.05) is 6.07 Å². The Hall–Kier alpha value is -0.940. The van der Waals surface area contributed by atoms with Crippen molar-refractivity contribution in [1.82, 2.24) is 0 Å². The van der Waals surface area contributed by atoms with Gasteiger partial charge in [0.25, 0.3) is 0 Å². The van der Waals surface area contributed by atoms with E-state index >= 15 is 0 Å². The Balaban J connectivity index is 2.08. The van der Waals surface area contributed by atoms with Crippen molar-refractivity contribution in [2.45, 2.75) is 12.8 Å². The standard InChI is InChI=1S/C11H15BrN2O2/c1-15-14-10-4-8(12)11(5-9(10)13)16-6-7-2-3-7/h4-5,7,14H,2-3,6,13H2,1H3. The average molecular weight is 287 g/mol. The number of halogens is 1. The molecule has 1 aliphatic carbocycles. The topological polar surface area (TPSA) is 56.5 Å². The van der Waals surface area contributed by atoms with E-state index in [2.05, 4.69) is 21.4 Å². The molecule has 88 valence electrons. The summed E-state index contributed by atoms with van der Waals surface area (Å²) in [7, 11) is 1.55. The van der Waals surface area contributed by atoms with Crippen LogP contribution in [0.3, 0.4) is 0 Å². The molecule has 0 unspecified atom stereocenters. The maximum Gasteiger partial charge on any atom is 0.135 e. The summed E-state index contributed by atoms with van der Waals surface area (Å²) in [5.74, 6) is 1.51. The molecular weight excluding hydrogens is 272 g/mol. The molecule has 0 radical (unpaired) electrons. The SMILES string of the molecule is CONc1cc(Br)c(OCC2CC2)cc1N. The predicted molar refractivity (Wildman–Crippen MR) is 67.4 cm³/mol. The molecule has 1 saturated carbocycles. The monoisotopic (exact) mass is 286 g/mol. The molecule has 0 saturated heterocycles. The smallest absolute Gasteiger partial charge is 0.135 e. The highest BCUT2D eigenvalue weighted by Crippen LogP contribution is 2.35. The van der Waals surface area contributed by atoms with E-state index in [0.717, 1.165) is 28.4 Å². The molecule has 4 nitrogen and oxygen atoms in total. The first-order chi connectivity index (χ1) is 7.70. The number of nitrogens with two attached hydrogens (primary N) is 1. The molecule has 16 heavy (non-hydrogen) atoms. The van der Waals surface area contributed by atoms with Crippen molar-refractivity contribution in [2.24, 2.45) is 5.92 Å². The first-order valence-corrected chi connectivity index (χ1v) is 6.01. The summed E-state index contributed by atoms with van der Waals surface area (Å²) < 4.78 is 6.56. The van der Waals surface area contributed by atoms with Crippen molar-refractivity contribution in [3.05, 3.63) is 16.6 Å². The zero-order valence-electron chi connectivity index (χ0n) is 9.13. The average Bonchev–Trinajstić information content (AvgIpc) is 3.05. The van der Waals surface area contributed by atoms with Crippen LogP contribution in [0.1, 0.15) is 12.8 Å². The maximum atomic E-state index is 5.86. The number of ether oxygens (including phenoxy) is 1. The second kappa shape index (κ2) is 4.93. The summed E-state index contributed by atoms with van der Waals surface area (Å²) in [6.45, 7) is 0.773. The van der Waals surface area contributed by atoms with Crippen molar-refractivity contribution in [2.75, 3.05) is 24.9 Å². The molecule has 0 aromatic heterocycles. The maximum absolute atomic E-state index is 5.86. The van der Waals surface area contributed by atoms with Crippen LogP contribution in [0.2, 0.25) is 0 Å². The molecule has 5 heteroatoms. The Morgan fingerprint density at radius 3 is 2.88 bits per heavy atom. The van der Waals surface area contributed by atoms with Gasteiger partial charge in [0.05, 0.1) is 29.6 Å². The van der Waals surface area contributed by atoms with Crippen LogP contribution in [-0.4, -0.2) is 13.7 Å². The minimum Gasteiger partial charge on any atom is -0.492 e. The molecule has 1 aromatic rings.